The molecule has 13 heavy (non-hydrogen) atoms. The zero-order chi connectivity index (χ0) is 9.26. The Morgan fingerprint density at radius 2 is 2.46 bits per heavy atom. The minimum Gasteiger partial charge on any atom is -0.297 e. The molecule has 0 aliphatic carbocycles. The molecule has 0 aliphatic rings. The first-order valence-electron chi connectivity index (χ1n) is 3.35. The maximum Gasteiger partial charge on any atom is 0.306 e. The first-order chi connectivity index (χ1) is 6.29. The van der Waals surface area contributed by atoms with Gasteiger partial charge in [0.05, 0.1) is 10.9 Å². The van der Waals surface area contributed by atoms with Crippen LogP contribution in [0.1, 0.15) is 0 Å². The van der Waals surface area contributed by atoms with Crippen LogP contribution in [0.25, 0.3) is 10.3 Å². The molecule has 2 N–H and O–H groups in total. The first-order valence-corrected chi connectivity index (χ1v) is 4.17. The fourth-order valence-corrected chi connectivity index (χ4v) is 1.53. The van der Waals surface area contributed by atoms with Crippen molar-refractivity contribution in [1.82, 2.24) is 15.0 Å². The Hall–Kier alpha value is -1.76. The molecule has 1 amide bonds. The lowest BCUT2D eigenvalue weighted by atomic mass is 10.6. The van der Waals surface area contributed by atoms with E-state index in [0.717, 1.165) is 11.3 Å². The predicted octanol–water partition coefficient (Wildman–Crippen LogP) is -0.0521. The molecule has 2 heterocycles. The molecule has 0 spiro atoms. The summed E-state index contributed by atoms with van der Waals surface area (Å²) in [6, 6.07) is 0. The minimum absolute atomic E-state index is 0.177. The Morgan fingerprint density at radius 1 is 1.62 bits per heavy atom. The smallest absolute Gasteiger partial charge is 0.297 e. The molecule has 0 saturated carbocycles. The lowest BCUT2D eigenvalue weighted by Gasteiger charge is -1.93. The highest BCUT2D eigenvalue weighted by Crippen LogP contribution is 2.11. The van der Waals surface area contributed by atoms with E-state index in [1.807, 2.05) is 0 Å². The van der Waals surface area contributed by atoms with Gasteiger partial charge in [0.2, 0.25) is 12.4 Å². The Morgan fingerprint density at radius 3 is 3.23 bits per heavy atom. The van der Waals surface area contributed by atoms with Crippen molar-refractivity contribution >= 4 is 34.0 Å². The van der Waals surface area contributed by atoms with Crippen LogP contribution >= 0.6 is 11.3 Å². The van der Waals surface area contributed by atoms with Crippen molar-refractivity contribution in [1.29, 1.82) is 0 Å². The van der Waals surface area contributed by atoms with Crippen LogP contribution in [-0.4, -0.2) is 21.4 Å². The fourth-order valence-electron chi connectivity index (χ4n) is 0.879. The van der Waals surface area contributed by atoms with Crippen LogP contribution in [0.4, 0.5) is 5.95 Å². The van der Waals surface area contributed by atoms with Gasteiger partial charge in [0.15, 0.2) is 5.65 Å². The monoisotopic (exact) mass is 196 g/mol. The average molecular weight is 196 g/mol. The summed E-state index contributed by atoms with van der Waals surface area (Å²) in [4.78, 5) is 30.9. The van der Waals surface area contributed by atoms with Crippen LogP contribution in [0.15, 0.2) is 11.0 Å². The molecule has 0 atom stereocenters. The Labute approximate surface area is 75.7 Å². The van der Waals surface area contributed by atoms with E-state index in [0.29, 0.717) is 16.8 Å². The second-order valence-corrected chi connectivity index (χ2v) is 3.20. The highest BCUT2D eigenvalue weighted by Gasteiger charge is 2.02. The van der Waals surface area contributed by atoms with Gasteiger partial charge in [-0.3, -0.25) is 19.9 Å². The fraction of sp³-hybridized carbons (Fsp3) is 0. The number of aromatic amines is 1. The van der Waals surface area contributed by atoms with Gasteiger partial charge in [-0.25, -0.2) is 4.98 Å². The number of H-pyrrole nitrogens is 1. The van der Waals surface area contributed by atoms with Gasteiger partial charge in [-0.1, -0.05) is 11.3 Å². The summed E-state index contributed by atoms with van der Waals surface area (Å²) in [5, 5.41) is 2.29. The van der Waals surface area contributed by atoms with Crippen LogP contribution < -0.4 is 10.2 Å². The van der Waals surface area contributed by atoms with Crippen molar-refractivity contribution < 1.29 is 4.79 Å². The molecule has 0 aromatic carbocycles. The van der Waals surface area contributed by atoms with Gasteiger partial charge >= 0.3 is 4.87 Å². The third kappa shape index (κ3) is 1.41. The largest absolute Gasteiger partial charge is 0.306 e. The first kappa shape index (κ1) is 7.87. The molecule has 2 aromatic heterocycles. The van der Waals surface area contributed by atoms with Crippen molar-refractivity contribution in [3.8, 4) is 0 Å². The molecule has 0 aliphatic heterocycles. The molecule has 66 valence electrons. The van der Waals surface area contributed by atoms with Crippen molar-refractivity contribution in [3.05, 3.63) is 15.9 Å². The van der Waals surface area contributed by atoms with E-state index in [9.17, 15) is 9.59 Å². The van der Waals surface area contributed by atoms with Crippen LogP contribution in [-0.2, 0) is 4.79 Å². The van der Waals surface area contributed by atoms with Crippen LogP contribution in [0.5, 0.6) is 0 Å². The normalized spacial score (nSPS) is 10.2. The molecular weight excluding hydrogens is 192 g/mol. The number of amides is 1. The quantitative estimate of drug-likeness (QED) is 0.659. The topological polar surface area (TPSA) is 87.7 Å². The Kier molecular flexibility index (Phi) is 1.78. The molecular formula is C6H4N4O2S. The minimum atomic E-state index is -0.187. The van der Waals surface area contributed by atoms with Crippen LogP contribution in [0, 0.1) is 0 Å². The van der Waals surface area contributed by atoms with Crippen molar-refractivity contribution in [3.63, 3.8) is 0 Å². The number of hydrogen-bond donors (Lipinski definition) is 2. The van der Waals surface area contributed by atoms with Gasteiger partial charge < -0.3 is 0 Å². The third-order valence-corrected chi connectivity index (χ3v) is 2.17. The lowest BCUT2D eigenvalue weighted by molar-refractivity contribution is -0.105. The van der Waals surface area contributed by atoms with Gasteiger partial charge in [0.1, 0.15) is 0 Å². The van der Waals surface area contributed by atoms with Gasteiger partial charge in [0, 0.05) is 0 Å². The van der Waals surface area contributed by atoms with Crippen LogP contribution in [0.2, 0.25) is 0 Å². The van der Waals surface area contributed by atoms with Gasteiger partial charge in [0.25, 0.3) is 0 Å². The second-order valence-electron chi connectivity index (χ2n) is 2.18. The Balaban J connectivity index is 2.60. The molecule has 2 rings (SSSR count). The summed E-state index contributed by atoms with van der Waals surface area (Å²) in [7, 11) is 0. The summed E-state index contributed by atoms with van der Waals surface area (Å²) < 4.78 is 0.668. The van der Waals surface area contributed by atoms with Gasteiger partial charge in [-0.05, 0) is 0 Å². The average Bonchev–Trinajstić information content (AvgIpc) is 2.44. The third-order valence-electron chi connectivity index (χ3n) is 1.37. The Bertz CT molecular complexity index is 503. The van der Waals surface area contributed by atoms with E-state index in [1.165, 1.54) is 6.20 Å². The highest BCUT2D eigenvalue weighted by atomic mass is 32.1. The number of hydrogen-bond acceptors (Lipinski definition) is 5. The van der Waals surface area contributed by atoms with Gasteiger partial charge in [-0.2, -0.15) is 4.98 Å². The van der Waals surface area contributed by atoms with Gasteiger partial charge in [-0.15, -0.1) is 0 Å². The summed E-state index contributed by atoms with van der Waals surface area (Å²) in [6.45, 7) is 0. The van der Waals surface area contributed by atoms with E-state index in [-0.39, 0.29) is 10.8 Å². The van der Waals surface area contributed by atoms with E-state index >= 15 is 0 Å². The standard InChI is InChI=1S/C6H4N4O2S/c11-2-8-5-7-1-3-4(9-5)10-6(12)13-3/h1-2H,(H2,7,8,9,10,11,12). The molecule has 2 aromatic rings. The number of thiazole rings is 1. The molecule has 6 nitrogen and oxygen atoms in total. The van der Waals surface area contributed by atoms with E-state index in [1.54, 1.807) is 0 Å². The summed E-state index contributed by atoms with van der Waals surface area (Å²) >= 11 is 1.03. The molecule has 7 heteroatoms. The van der Waals surface area contributed by atoms with E-state index in [4.69, 9.17) is 0 Å². The number of anilines is 1. The number of nitrogens with one attached hydrogen (secondary N) is 2. The van der Waals surface area contributed by atoms with E-state index < -0.39 is 0 Å². The van der Waals surface area contributed by atoms with Crippen molar-refractivity contribution in [2.45, 2.75) is 0 Å². The highest BCUT2D eigenvalue weighted by molar-refractivity contribution is 7.16. The zero-order valence-corrected chi connectivity index (χ0v) is 7.09. The molecule has 0 bridgehead atoms. The summed E-state index contributed by atoms with van der Waals surface area (Å²) in [5.41, 5.74) is 0.439. The second kappa shape index (κ2) is 2.94. The summed E-state index contributed by atoms with van der Waals surface area (Å²) in [6.07, 6.45) is 1.96. The van der Waals surface area contributed by atoms with Crippen LogP contribution in [0.3, 0.4) is 0 Å². The van der Waals surface area contributed by atoms with Crippen molar-refractivity contribution in [2.75, 3.05) is 5.32 Å². The van der Waals surface area contributed by atoms with E-state index in [2.05, 4.69) is 20.3 Å². The molecule has 0 unspecified atom stereocenters. The molecule has 0 radical (unpaired) electrons. The number of carbonyl (C=O) groups is 1. The SMILES string of the molecule is O=CNc1ncc2sc(=O)[nH]c2n1. The van der Waals surface area contributed by atoms with Crippen molar-refractivity contribution in [2.24, 2.45) is 0 Å². The molecule has 0 saturated heterocycles. The maximum atomic E-state index is 10.9. The predicted molar refractivity (Wildman–Crippen MR) is 47.7 cm³/mol. The number of fused-ring (bicyclic) bond motifs is 1. The number of carbonyl (C=O) groups excluding carboxylic acids is 1. The number of nitrogens with zero attached hydrogens (tertiary/aromatic N) is 2. The zero-order valence-electron chi connectivity index (χ0n) is 6.27. The molecule has 0 fully saturated rings. The number of rotatable bonds is 2. The summed E-state index contributed by atoms with van der Waals surface area (Å²) in [5.74, 6) is 0.177. The lowest BCUT2D eigenvalue weighted by Crippen LogP contribution is -1.99. The maximum absolute atomic E-state index is 10.9. The number of aromatic nitrogens is 3.